The zero-order chi connectivity index (χ0) is 14.1. The lowest BCUT2D eigenvalue weighted by molar-refractivity contribution is -0.0563. The SMILES string of the molecule is C(=CNCCC12CC3CC(CC(C3)C1)C2)Cc1cccs1. The summed E-state index contributed by atoms with van der Waals surface area (Å²) in [4.78, 5) is 1.45. The predicted molar refractivity (Wildman–Crippen MR) is 90.4 cm³/mol. The van der Waals surface area contributed by atoms with Crippen LogP contribution >= 0.6 is 11.3 Å². The Kier molecular flexibility index (Phi) is 3.83. The van der Waals surface area contributed by atoms with E-state index in [1.807, 2.05) is 11.3 Å². The first kappa shape index (κ1) is 13.9. The summed E-state index contributed by atoms with van der Waals surface area (Å²) < 4.78 is 0. The van der Waals surface area contributed by atoms with Crippen LogP contribution in [0.15, 0.2) is 29.8 Å². The Morgan fingerprint density at radius 2 is 1.86 bits per heavy atom. The third kappa shape index (κ3) is 3.06. The zero-order valence-electron chi connectivity index (χ0n) is 12.9. The van der Waals surface area contributed by atoms with Gasteiger partial charge in [-0.2, -0.15) is 0 Å². The quantitative estimate of drug-likeness (QED) is 0.729. The summed E-state index contributed by atoms with van der Waals surface area (Å²) in [7, 11) is 0. The van der Waals surface area contributed by atoms with Crippen LogP contribution in [0.3, 0.4) is 0 Å². The van der Waals surface area contributed by atoms with Crippen molar-refractivity contribution in [1.29, 1.82) is 0 Å². The van der Waals surface area contributed by atoms with E-state index in [0.717, 1.165) is 29.6 Å². The molecule has 0 amide bonds. The summed E-state index contributed by atoms with van der Waals surface area (Å²) in [5, 5.41) is 5.70. The molecular formula is C19H27NS. The summed E-state index contributed by atoms with van der Waals surface area (Å²) >= 11 is 1.85. The Labute approximate surface area is 132 Å². The number of hydrogen-bond donors (Lipinski definition) is 1. The molecule has 0 spiro atoms. The lowest BCUT2D eigenvalue weighted by Gasteiger charge is -2.57. The number of rotatable bonds is 6. The fraction of sp³-hybridized carbons (Fsp3) is 0.684. The van der Waals surface area contributed by atoms with Gasteiger partial charge in [-0.1, -0.05) is 12.1 Å². The van der Waals surface area contributed by atoms with Crippen molar-refractivity contribution >= 4 is 11.3 Å². The van der Waals surface area contributed by atoms with E-state index in [-0.39, 0.29) is 0 Å². The molecule has 4 aliphatic rings. The van der Waals surface area contributed by atoms with Gasteiger partial charge in [-0.25, -0.2) is 0 Å². The predicted octanol–water partition coefficient (Wildman–Crippen LogP) is 5.00. The molecule has 0 aromatic carbocycles. The van der Waals surface area contributed by atoms with Crippen LogP contribution in [0.4, 0.5) is 0 Å². The highest BCUT2D eigenvalue weighted by atomic mass is 32.1. The van der Waals surface area contributed by atoms with Gasteiger partial charge in [-0.05, 0) is 85.8 Å². The van der Waals surface area contributed by atoms with E-state index in [2.05, 4.69) is 35.1 Å². The number of thiophene rings is 1. The second-order valence-corrected chi connectivity index (χ2v) is 8.84. The molecule has 0 atom stereocenters. The van der Waals surface area contributed by atoms with Crippen LogP contribution in [0.1, 0.15) is 49.8 Å². The third-order valence-electron chi connectivity index (χ3n) is 6.10. The van der Waals surface area contributed by atoms with Crippen molar-refractivity contribution in [1.82, 2.24) is 5.32 Å². The first-order valence-corrected chi connectivity index (χ1v) is 9.60. The maximum Gasteiger partial charge on any atom is 0.0146 e. The van der Waals surface area contributed by atoms with Crippen LogP contribution in [0.5, 0.6) is 0 Å². The van der Waals surface area contributed by atoms with Crippen molar-refractivity contribution in [2.24, 2.45) is 23.2 Å². The van der Waals surface area contributed by atoms with Gasteiger partial charge in [0.2, 0.25) is 0 Å². The summed E-state index contributed by atoms with van der Waals surface area (Å²) in [5.74, 6) is 3.27. The van der Waals surface area contributed by atoms with Gasteiger partial charge in [0.05, 0.1) is 0 Å². The van der Waals surface area contributed by atoms with Crippen LogP contribution in [0.25, 0.3) is 0 Å². The highest BCUT2D eigenvalue weighted by Gasteiger charge is 2.50. The van der Waals surface area contributed by atoms with E-state index in [0.29, 0.717) is 0 Å². The van der Waals surface area contributed by atoms with Gasteiger partial charge in [0, 0.05) is 17.8 Å². The minimum absolute atomic E-state index is 0.726. The van der Waals surface area contributed by atoms with E-state index in [1.165, 1.54) is 17.8 Å². The minimum Gasteiger partial charge on any atom is -0.391 e. The van der Waals surface area contributed by atoms with Crippen molar-refractivity contribution in [2.75, 3.05) is 6.54 Å². The van der Waals surface area contributed by atoms with Gasteiger partial charge in [-0.15, -0.1) is 11.3 Å². The molecule has 4 fully saturated rings. The zero-order valence-corrected chi connectivity index (χ0v) is 13.7. The van der Waals surface area contributed by atoms with E-state index < -0.39 is 0 Å². The van der Waals surface area contributed by atoms with Gasteiger partial charge in [0.15, 0.2) is 0 Å². The molecule has 4 bridgehead atoms. The molecule has 0 saturated heterocycles. The molecule has 1 aromatic heterocycles. The van der Waals surface area contributed by atoms with Crippen LogP contribution in [0.2, 0.25) is 0 Å². The fourth-order valence-electron chi connectivity index (χ4n) is 5.70. The molecule has 1 N–H and O–H groups in total. The molecule has 1 heterocycles. The van der Waals surface area contributed by atoms with E-state index >= 15 is 0 Å². The number of hydrogen-bond acceptors (Lipinski definition) is 2. The molecule has 4 saturated carbocycles. The van der Waals surface area contributed by atoms with Crippen LogP contribution < -0.4 is 5.32 Å². The third-order valence-corrected chi connectivity index (χ3v) is 7.00. The average Bonchev–Trinajstić information content (AvgIpc) is 2.94. The van der Waals surface area contributed by atoms with E-state index in [4.69, 9.17) is 0 Å². The Morgan fingerprint density at radius 3 is 2.48 bits per heavy atom. The Morgan fingerprint density at radius 1 is 1.14 bits per heavy atom. The molecule has 4 aliphatic carbocycles. The van der Waals surface area contributed by atoms with Crippen molar-refractivity contribution < 1.29 is 0 Å². The largest absolute Gasteiger partial charge is 0.391 e. The van der Waals surface area contributed by atoms with Gasteiger partial charge < -0.3 is 5.32 Å². The molecule has 0 aliphatic heterocycles. The lowest BCUT2D eigenvalue weighted by atomic mass is 9.49. The second kappa shape index (κ2) is 5.79. The normalized spacial score (nSPS) is 37.4. The molecule has 0 radical (unpaired) electrons. The highest BCUT2D eigenvalue weighted by Crippen LogP contribution is 2.61. The van der Waals surface area contributed by atoms with Crippen LogP contribution in [-0.2, 0) is 6.42 Å². The molecule has 5 rings (SSSR count). The first-order chi connectivity index (χ1) is 10.3. The lowest BCUT2D eigenvalue weighted by Crippen LogP contribution is -2.46. The standard InChI is InChI=1S/C19H27NS/c1(3-18-4-2-8-21-18)6-20-7-5-19-12-15-9-16(13-19)11-17(10-15)14-19/h1-2,4,6,8,15-17,20H,3,5,7,9-14H2. The fourth-order valence-corrected chi connectivity index (χ4v) is 6.39. The number of nitrogens with one attached hydrogen (secondary N) is 1. The molecule has 114 valence electrons. The van der Waals surface area contributed by atoms with Gasteiger partial charge >= 0.3 is 0 Å². The van der Waals surface area contributed by atoms with Crippen LogP contribution in [-0.4, -0.2) is 6.54 Å². The molecule has 2 heteroatoms. The van der Waals surface area contributed by atoms with Crippen molar-refractivity contribution in [3.8, 4) is 0 Å². The van der Waals surface area contributed by atoms with Crippen molar-refractivity contribution in [3.05, 3.63) is 34.7 Å². The Hall–Kier alpha value is -0.760. The maximum absolute atomic E-state index is 3.55. The Bertz CT molecular complexity index is 452. The van der Waals surface area contributed by atoms with E-state index in [9.17, 15) is 0 Å². The molecule has 1 nitrogen and oxygen atoms in total. The summed E-state index contributed by atoms with van der Waals surface area (Å²) in [6.45, 7) is 1.17. The summed E-state index contributed by atoms with van der Waals surface area (Å²) in [6, 6.07) is 4.35. The van der Waals surface area contributed by atoms with Gasteiger partial charge in [0.1, 0.15) is 0 Å². The molecular weight excluding hydrogens is 274 g/mol. The topological polar surface area (TPSA) is 12.0 Å². The van der Waals surface area contributed by atoms with Gasteiger partial charge in [-0.3, -0.25) is 0 Å². The summed E-state index contributed by atoms with van der Waals surface area (Å²) in [6.07, 6.45) is 16.2. The highest BCUT2D eigenvalue weighted by molar-refractivity contribution is 7.09. The van der Waals surface area contributed by atoms with Crippen molar-refractivity contribution in [2.45, 2.75) is 51.4 Å². The molecule has 1 aromatic rings. The second-order valence-electron chi connectivity index (χ2n) is 7.81. The molecule has 21 heavy (non-hydrogen) atoms. The average molecular weight is 301 g/mol. The van der Waals surface area contributed by atoms with E-state index in [1.54, 1.807) is 38.5 Å². The minimum atomic E-state index is 0.726. The maximum atomic E-state index is 3.55. The van der Waals surface area contributed by atoms with Crippen molar-refractivity contribution in [3.63, 3.8) is 0 Å². The number of allylic oxidation sites excluding steroid dienone is 1. The first-order valence-electron chi connectivity index (χ1n) is 8.72. The monoisotopic (exact) mass is 301 g/mol. The molecule has 0 unspecified atom stereocenters. The van der Waals surface area contributed by atoms with Crippen LogP contribution in [0, 0.1) is 23.2 Å². The smallest absolute Gasteiger partial charge is 0.0146 e. The van der Waals surface area contributed by atoms with Gasteiger partial charge in [0.25, 0.3) is 0 Å². The summed E-state index contributed by atoms with van der Waals surface area (Å²) in [5.41, 5.74) is 0.726. The Balaban J connectivity index is 1.23.